The van der Waals surface area contributed by atoms with Gasteiger partial charge < -0.3 is 4.74 Å². The van der Waals surface area contributed by atoms with E-state index in [-0.39, 0.29) is 18.5 Å². The first-order chi connectivity index (χ1) is 8.74. The van der Waals surface area contributed by atoms with Crippen molar-refractivity contribution < 1.29 is 9.53 Å². The maximum absolute atomic E-state index is 11.7. The van der Waals surface area contributed by atoms with Crippen molar-refractivity contribution in [1.82, 2.24) is 4.98 Å². The molecule has 0 fully saturated rings. The number of esters is 1. The number of fused-ring (bicyclic) bond motifs is 1. The lowest BCUT2D eigenvalue weighted by Crippen LogP contribution is -2.16. The lowest BCUT2D eigenvalue weighted by Gasteiger charge is -2.10. The van der Waals surface area contributed by atoms with E-state index >= 15 is 0 Å². The molecular weight excluding hydrogens is 246 g/mol. The van der Waals surface area contributed by atoms with Crippen LogP contribution in [0.2, 0.25) is 0 Å². The van der Waals surface area contributed by atoms with Crippen molar-refractivity contribution in [1.29, 1.82) is 0 Å². The van der Waals surface area contributed by atoms with Crippen LogP contribution in [0.25, 0.3) is 10.2 Å². The van der Waals surface area contributed by atoms with Crippen molar-refractivity contribution >= 4 is 27.5 Å². The second-order valence-corrected chi connectivity index (χ2v) is 5.31. The van der Waals surface area contributed by atoms with Crippen LogP contribution in [-0.4, -0.2) is 11.0 Å². The number of carbonyl (C=O) groups is 1. The Morgan fingerprint density at radius 3 is 2.72 bits per heavy atom. The van der Waals surface area contributed by atoms with Gasteiger partial charge >= 0.3 is 5.97 Å². The summed E-state index contributed by atoms with van der Waals surface area (Å²) < 4.78 is 6.44. The molecule has 0 aliphatic heterocycles. The summed E-state index contributed by atoms with van der Waals surface area (Å²) in [6.45, 7) is 4.30. The van der Waals surface area contributed by atoms with Crippen LogP contribution < -0.4 is 0 Å². The van der Waals surface area contributed by atoms with Crippen LogP contribution >= 0.6 is 11.3 Å². The van der Waals surface area contributed by atoms with E-state index in [2.05, 4.69) is 4.98 Å². The lowest BCUT2D eigenvalue weighted by atomic mass is 10.0. The smallest absolute Gasteiger partial charge is 0.309 e. The molecule has 0 aliphatic carbocycles. The van der Waals surface area contributed by atoms with Crippen LogP contribution in [0.15, 0.2) is 24.3 Å². The van der Waals surface area contributed by atoms with Crippen molar-refractivity contribution in [2.45, 2.75) is 33.3 Å². The van der Waals surface area contributed by atoms with Crippen LogP contribution in [0.5, 0.6) is 0 Å². The SMILES string of the molecule is CCC(CC)C(=O)OCc1nc2ccccc2s1. The zero-order valence-corrected chi connectivity index (χ0v) is 11.5. The fraction of sp³-hybridized carbons (Fsp3) is 0.429. The fourth-order valence-corrected chi connectivity index (χ4v) is 2.73. The minimum Gasteiger partial charge on any atom is -0.458 e. The van der Waals surface area contributed by atoms with Gasteiger partial charge in [-0.25, -0.2) is 4.98 Å². The second kappa shape index (κ2) is 5.96. The number of thiazole rings is 1. The first kappa shape index (κ1) is 13.0. The molecule has 3 nitrogen and oxygen atoms in total. The first-order valence-corrected chi connectivity index (χ1v) is 7.07. The van der Waals surface area contributed by atoms with Crippen molar-refractivity contribution in [3.05, 3.63) is 29.3 Å². The number of nitrogens with zero attached hydrogens (tertiary/aromatic N) is 1. The highest BCUT2D eigenvalue weighted by molar-refractivity contribution is 7.18. The van der Waals surface area contributed by atoms with Gasteiger partial charge in [-0.2, -0.15) is 0 Å². The maximum atomic E-state index is 11.7. The molecule has 2 rings (SSSR count). The number of hydrogen-bond donors (Lipinski definition) is 0. The maximum Gasteiger partial charge on any atom is 0.309 e. The van der Waals surface area contributed by atoms with Crippen molar-refractivity contribution in [2.24, 2.45) is 5.92 Å². The standard InChI is InChI=1S/C14H17NO2S/c1-3-10(4-2)14(16)17-9-13-15-11-7-5-6-8-12(11)18-13/h5-8,10H,3-4,9H2,1-2H3. The zero-order chi connectivity index (χ0) is 13.0. The summed E-state index contributed by atoms with van der Waals surface area (Å²) in [4.78, 5) is 16.2. The van der Waals surface area contributed by atoms with E-state index < -0.39 is 0 Å². The second-order valence-electron chi connectivity index (χ2n) is 4.20. The average Bonchev–Trinajstić information content (AvgIpc) is 2.80. The normalized spacial score (nSPS) is 11.1. The third kappa shape index (κ3) is 2.88. The number of rotatable bonds is 5. The molecule has 0 radical (unpaired) electrons. The molecule has 0 saturated heterocycles. The largest absolute Gasteiger partial charge is 0.458 e. The molecule has 2 aromatic rings. The minimum atomic E-state index is -0.112. The van der Waals surface area contributed by atoms with E-state index in [9.17, 15) is 4.79 Å². The monoisotopic (exact) mass is 263 g/mol. The fourth-order valence-electron chi connectivity index (χ4n) is 1.85. The molecule has 0 aliphatic rings. The molecule has 0 atom stereocenters. The van der Waals surface area contributed by atoms with E-state index in [1.54, 1.807) is 11.3 Å². The van der Waals surface area contributed by atoms with Gasteiger partial charge in [0.05, 0.1) is 16.1 Å². The highest BCUT2D eigenvalue weighted by Crippen LogP contribution is 2.22. The van der Waals surface area contributed by atoms with Gasteiger partial charge in [0, 0.05) is 0 Å². The third-order valence-electron chi connectivity index (χ3n) is 3.00. The summed E-state index contributed by atoms with van der Waals surface area (Å²) in [5, 5.41) is 0.857. The first-order valence-electron chi connectivity index (χ1n) is 6.25. The summed E-state index contributed by atoms with van der Waals surface area (Å²) >= 11 is 1.58. The summed E-state index contributed by atoms with van der Waals surface area (Å²) in [5.74, 6) is -0.0985. The van der Waals surface area contributed by atoms with Crippen LogP contribution in [0.3, 0.4) is 0 Å². The summed E-state index contributed by atoms with van der Waals surface area (Å²) in [5.41, 5.74) is 0.969. The average molecular weight is 263 g/mol. The van der Waals surface area contributed by atoms with Gasteiger partial charge in [0.25, 0.3) is 0 Å². The quantitative estimate of drug-likeness (QED) is 0.771. The minimum absolute atomic E-state index is 0.0133. The highest BCUT2D eigenvalue weighted by Gasteiger charge is 2.16. The predicted octanol–water partition coefficient (Wildman–Crippen LogP) is 3.78. The van der Waals surface area contributed by atoms with Gasteiger partial charge in [0.15, 0.2) is 0 Å². The number of para-hydroxylation sites is 1. The number of aromatic nitrogens is 1. The summed E-state index contributed by atoms with van der Waals surface area (Å²) in [6.07, 6.45) is 1.66. The Kier molecular flexibility index (Phi) is 4.31. The van der Waals surface area contributed by atoms with Crippen LogP contribution in [-0.2, 0) is 16.1 Å². The van der Waals surface area contributed by atoms with Gasteiger partial charge in [0.1, 0.15) is 11.6 Å². The van der Waals surface area contributed by atoms with Gasteiger partial charge in [-0.1, -0.05) is 26.0 Å². The predicted molar refractivity (Wildman–Crippen MR) is 73.5 cm³/mol. The molecule has 0 saturated carbocycles. The number of benzene rings is 1. The van der Waals surface area contributed by atoms with Gasteiger partial charge in [-0.3, -0.25) is 4.79 Å². The van der Waals surface area contributed by atoms with E-state index in [4.69, 9.17) is 4.74 Å². The van der Waals surface area contributed by atoms with Crippen LogP contribution in [0.4, 0.5) is 0 Å². The molecule has 0 N–H and O–H groups in total. The Morgan fingerprint density at radius 1 is 1.33 bits per heavy atom. The van der Waals surface area contributed by atoms with Gasteiger partial charge in [-0.05, 0) is 25.0 Å². The topological polar surface area (TPSA) is 39.2 Å². The van der Waals surface area contributed by atoms with E-state index in [1.165, 1.54) is 0 Å². The van der Waals surface area contributed by atoms with E-state index in [0.29, 0.717) is 0 Å². The molecule has 1 aromatic carbocycles. The number of hydrogen-bond acceptors (Lipinski definition) is 4. The molecule has 4 heteroatoms. The third-order valence-corrected chi connectivity index (χ3v) is 4.00. The Labute approximate surface area is 111 Å². The van der Waals surface area contributed by atoms with E-state index in [1.807, 2.05) is 38.1 Å². The molecule has 18 heavy (non-hydrogen) atoms. The zero-order valence-electron chi connectivity index (χ0n) is 10.7. The molecule has 1 heterocycles. The Balaban J connectivity index is 1.99. The van der Waals surface area contributed by atoms with Gasteiger partial charge in [0.2, 0.25) is 0 Å². The molecule has 0 spiro atoms. The number of ether oxygens (including phenoxy) is 1. The Morgan fingerprint density at radius 2 is 2.06 bits per heavy atom. The highest BCUT2D eigenvalue weighted by atomic mass is 32.1. The Hall–Kier alpha value is -1.42. The molecule has 1 aromatic heterocycles. The lowest BCUT2D eigenvalue weighted by molar-refractivity contribution is -0.150. The van der Waals surface area contributed by atoms with Crippen molar-refractivity contribution in [2.75, 3.05) is 0 Å². The molecule has 0 unspecified atom stereocenters. The summed E-state index contributed by atoms with van der Waals surface area (Å²) in [6, 6.07) is 7.94. The molecular formula is C14H17NO2S. The Bertz CT molecular complexity index is 498. The van der Waals surface area contributed by atoms with E-state index in [0.717, 1.165) is 28.1 Å². The number of carbonyl (C=O) groups excluding carboxylic acids is 1. The molecule has 0 amide bonds. The molecule has 0 bridgehead atoms. The van der Waals surface area contributed by atoms with Crippen molar-refractivity contribution in [3.63, 3.8) is 0 Å². The van der Waals surface area contributed by atoms with Crippen LogP contribution in [0.1, 0.15) is 31.7 Å². The van der Waals surface area contributed by atoms with Gasteiger partial charge in [-0.15, -0.1) is 11.3 Å². The summed E-state index contributed by atoms with van der Waals surface area (Å²) in [7, 11) is 0. The van der Waals surface area contributed by atoms with Crippen LogP contribution in [0, 0.1) is 5.92 Å². The van der Waals surface area contributed by atoms with Crippen molar-refractivity contribution in [3.8, 4) is 0 Å². The molecule has 96 valence electrons.